The van der Waals surface area contributed by atoms with Gasteiger partial charge in [-0.3, -0.25) is 5.10 Å². The Kier molecular flexibility index (Phi) is 1.47. The molecule has 3 N–H and O–H groups in total. The van der Waals surface area contributed by atoms with Crippen molar-refractivity contribution in [3.8, 4) is 0 Å². The average Bonchev–Trinajstić information content (AvgIpc) is 2.63. The first-order valence-electron chi connectivity index (χ1n) is 3.34. The average molecular weight is 165 g/mol. The summed E-state index contributed by atoms with van der Waals surface area (Å²) < 4.78 is 1.62. The molecular formula is C5H7N7. The van der Waals surface area contributed by atoms with Crippen LogP contribution in [0.2, 0.25) is 0 Å². The lowest BCUT2D eigenvalue weighted by atomic mass is 10.6. The molecule has 2 rings (SSSR count). The molecule has 0 fully saturated rings. The highest BCUT2D eigenvalue weighted by molar-refractivity contribution is 5.12. The second-order valence-corrected chi connectivity index (χ2v) is 2.23. The number of rotatable bonds is 2. The zero-order valence-corrected chi connectivity index (χ0v) is 6.18. The molecule has 0 saturated carbocycles. The van der Waals surface area contributed by atoms with E-state index in [2.05, 4.69) is 25.3 Å². The Morgan fingerprint density at radius 1 is 1.58 bits per heavy atom. The van der Waals surface area contributed by atoms with Gasteiger partial charge in [0.25, 0.3) is 0 Å². The second kappa shape index (κ2) is 2.61. The standard InChI is InChI=1S/C5H7N7/c6-5-9-4(10-11-5)1-12-3-7-2-8-12/h2-3H,1H2,(H3,6,9,10,11). The summed E-state index contributed by atoms with van der Waals surface area (Å²) in [4.78, 5) is 7.69. The first-order valence-corrected chi connectivity index (χ1v) is 3.34. The van der Waals surface area contributed by atoms with Gasteiger partial charge in [-0.05, 0) is 0 Å². The molecule has 2 aromatic heterocycles. The van der Waals surface area contributed by atoms with Crippen molar-refractivity contribution in [3.63, 3.8) is 0 Å². The zero-order chi connectivity index (χ0) is 8.39. The fourth-order valence-electron chi connectivity index (χ4n) is 0.849. The summed E-state index contributed by atoms with van der Waals surface area (Å²) in [5.41, 5.74) is 5.31. The van der Waals surface area contributed by atoms with Gasteiger partial charge in [0.05, 0.1) is 0 Å². The number of aromatic nitrogens is 6. The molecule has 2 heterocycles. The number of H-pyrrole nitrogens is 1. The van der Waals surface area contributed by atoms with Crippen LogP contribution in [-0.4, -0.2) is 29.9 Å². The predicted octanol–water partition coefficient (Wildman–Crippen LogP) is -0.973. The molecular weight excluding hydrogens is 158 g/mol. The monoisotopic (exact) mass is 165 g/mol. The lowest BCUT2D eigenvalue weighted by molar-refractivity contribution is 0.656. The molecule has 0 atom stereocenters. The van der Waals surface area contributed by atoms with Crippen LogP contribution in [0.1, 0.15) is 5.82 Å². The molecule has 0 amide bonds. The van der Waals surface area contributed by atoms with Gasteiger partial charge in [0.15, 0.2) is 0 Å². The van der Waals surface area contributed by atoms with E-state index < -0.39 is 0 Å². The number of aromatic amines is 1. The third-order valence-electron chi connectivity index (χ3n) is 1.33. The van der Waals surface area contributed by atoms with Crippen LogP contribution in [0, 0.1) is 0 Å². The minimum absolute atomic E-state index is 0.241. The Balaban J connectivity index is 2.14. The molecule has 0 radical (unpaired) electrons. The van der Waals surface area contributed by atoms with Crippen molar-refractivity contribution in [2.75, 3.05) is 5.73 Å². The Hall–Kier alpha value is -1.92. The topological polar surface area (TPSA) is 98.3 Å². The molecule has 0 unspecified atom stereocenters. The maximum atomic E-state index is 5.31. The van der Waals surface area contributed by atoms with Crippen LogP contribution in [0.15, 0.2) is 12.7 Å². The SMILES string of the molecule is Nc1n[nH]c(Cn2cncn2)n1. The van der Waals surface area contributed by atoms with E-state index in [1.165, 1.54) is 6.33 Å². The summed E-state index contributed by atoms with van der Waals surface area (Å²) in [5, 5.41) is 10.2. The van der Waals surface area contributed by atoms with Crippen molar-refractivity contribution in [2.45, 2.75) is 6.54 Å². The van der Waals surface area contributed by atoms with Gasteiger partial charge in [0.2, 0.25) is 5.95 Å². The number of hydrogen-bond acceptors (Lipinski definition) is 5. The lowest BCUT2D eigenvalue weighted by Crippen LogP contribution is -2.01. The minimum Gasteiger partial charge on any atom is -0.367 e. The molecule has 7 heteroatoms. The smallest absolute Gasteiger partial charge is 0.239 e. The third-order valence-corrected chi connectivity index (χ3v) is 1.33. The van der Waals surface area contributed by atoms with Crippen LogP contribution in [0.3, 0.4) is 0 Å². The van der Waals surface area contributed by atoms with Crippen molar-refractivity contribution in [2.24, 2.45) is 0 Å². The summed E-state index contributed by atoms with van der Waals surface area (Å²) in [5.74, 6) is 0.906. The molecule has 2 aromatic rings. The highest BCUT2D eigenvalue weighted by atomic mass is 15.3. The molecule has 62 valence electrons. The van der Waals surface area contributed by atoms with Crippen LogP contribution in [0.5, 0.6) is 0 Å². The van der Waals surface area contributed by atoms with Gasteiger partial charge in [-0.2, -0.15) is 10.1 Å². The zero-order valence-electron chi connectivity index (χ0n) is 6.18. The van der Waals surface area contributed by atoms with E-state index in [1.807, 2.05) is 0 Å². The van der Waals surface area contributed by atoms with Gasteiger partial charge < -0.3 is 5.73 Å². The highest BCUT2D eigenvalue weighted by Gasteiger charge is 1.99. The summed E-state index contributed by atoms with van der Waals surface area (Å²) in [6.45, 7) is 0.504. The van der Waals surface area contributed by atoms with E-state index >= 15 is 0 Å². The van der Waals surface area contributed by atoms with E-state index in [0.717, 1.165) is 0 Å². The quantitative estimate of drug-likeness (QED) is 0.596. The van der Waals surface area contributed by atoms with Gasteiger partial charge in [0.1, 0.15) is 25.0 Å². The number of nitrogens with zero attached hydrogens (tertiary/aromatic N) is 5. The minimum atomic E-state index is 0.241. The fraction of sp³-hybridized carbons (Fsp3) is 0.200. The molecule has 12 heavy (non-hydrogen) atoms. The molecule has 0 aliphatic rings. The highest BCUT2D eigenvalue weighted by Crippen LogP contribution is 1.94. The fourth-order valence-corrected chi connectivity index (χ4v) is 0.849. The van der Waals surface area contributed by atoms with Crippen molar-refractivity contribution in [3.05, 3.63) is 18.5 Å². The van der Waals surface area contributed by atoms with E-state index in [4.69, 9.17) is 5.73 Å². The van der Waals surface area contributed by atoms with Crippen molar-refractivity contribution < 1.29 is 0 Å². The molecule has 0 saturated heterocycles. The van der Waals surface area contributed by atoms with E-state index in [1.54, 1.807) is 11.0 Å². The van der Waals surface area contributed by atoms with Gasteiger partial charge in [-0.25, -0.2) is 9.67 Å². The maximum Gasteiger partial charge on any atom is 0.239 e. The maximum absolute atomic E-state index is 5.31. The van der Waals surface area contributed by atoms with Gasteiger partial charge in [-0.1, -0.05) is 0 Å². The Morgan fingerprint density at radius 2 is 2.50 bits per heavy atom. The largest absolute Gasteiger partial charge is 0.367 e. The third kappa shape index (κ3) is 1.24. The molecule has 0 aromatic carbocycles. The first kappa shape index (κ1) is 6.77. The summed E-state index contributed by atoms with van der Waals surface area (Å²) in [7, 11) is 0. The first-order chi connectivity index (χ1) is 5.84. The number of anilines is 1. The Morgan fingerprint density at radius 3 is 3.08 bits per heavy atom. The van der Waals surface area contributed by atoms with Crippen LogP contribution < -0.4 is 5.73 Å². The van der Waals surface area contributed by atoms with E-state index in [-0.39, 0.29) is 5.95 Å². The molecule has 0 aliphatic heterocycles. The summed E-state index contributed by atoms with van der Waals surface area (Å²) >= 11 is 0. The van der Waals surface area contributed by atoms with Crippen molar-refractivity contribution in [1.82, 2.24) is 29.9 Å². The molecule has 0 spiro atoms. The normalized spacial score (nSPS) is 10.3. The summed E-state index contributed by atoms with van der Waals surface area (Å²) in [6, 6.07) is 0. The number of nitrogens with two attached hydrogens (primary N) is 1. The second-order valence-electron chi connectivity index (χ2n) is 2.23. The Bertz CT molecular complexity index is 348. The van der Waals surface area contributed by atoms with Gasteiger partial charge in [-0.15, -0.1) is 5.10 Å². The van der Waals surface area contributed by atoms with Crippen LogP contribution in [0.4, 0.5) is 5.95 Å². The van der Waals surface area contributed by atoms with Gasteiger partial charge >= 0.3 is 0 Å². The molecule has 7 nitrogen and oxygen atoms in total. The van der Waals surface area contributed by atoms with E-state index in [9.17, 15) is 0 Å². The summed E-state index contributed by atoms with van der Waals surface area (Å²) in [6.07, 6.45) is 3.05. The molecule has 0 bridgehead atoms. The Labute approximate surface area is 67.6 Å². The van der Waals surface area contributed by atoms with Crippen LogP contribution in [-0.2, 0) is 6.54 Å². The van der Waals surface area contributed by atoms with Crippen LogP contribution >= 0.6 is 0 Å². The molecule has 0 aliphatic carbocycles. The van der Waals surface area contributed by atoms with Crippen molar-refractivity contribution in [1.29, 1.82) is 0 Å². The van der Waals surface area contributed by atoms with Crippen LogP contribution in [0.25, 0.3) is 0 Å². The van der Waals surface area contributed by atoms with Crippen molar-refractivity contribution >= 4 is 5.95 Å². The number of nitrogen functional groups attached to an aromatic ring is 1. The van der Waals surface area contributed by atoms with E-state index in [0.29, 0.717) is 12.4 Å². The lowest BCUT2D eigenvalue weighted by Gasteiger charge is -1.92. The number of hydrogen-bond donors (Lipinski definition) is 2. The predicted molar refractivity (Wildman–Crippen MR) is 39.9 cm³/mol. The number of nitrogens with one attached hydrogen (secondary N) is 1. The van der Waals surface area contributed by atoms with Gasteiger partial charge in [0, 0.05) is 0 Å².